The zero-order valence-electron chi connectivity index (χ0n) is 17.8. The van der Waals surface area contributed by atoms with Crippen LogP contribution in [0.4, 0.5) is 9.52 Å². The van der Waals surface area contributed by atoms with E-state index in [2.05, 4.69) is 9.88 Å². The van der Waals surface area contributed by atoms with Gasteiger partial charge in [-0.05, 0) is 36.4 Å². The third-order valence-electron chi connectivity index (χ3n) is 5.90. The number of morpholine rings is 1. The summed E-state index contributed by atoms with van der Waals surface area (Å²) < 4.78 is 46.9. The Hall–Kier alpha value is -2.60. The van der Waals surface area contributed by atoms with Crippen LogP contribution in [0.2, 0.25) is 0 Å². The van der Waals surface area contributed by atoms with Gasteiger partial charge in [-0.25, -0.2) is 17.8 Å². The zero-order valence-corrected chi connectivity index (χ0v) is 19.4. The number of piperazine rings is 1. The number of nitrogens with zero attached hydrogens (tertiary/aromatic N) is 4. The topological polar surface area (TPSA) is 83.0 Å². The average molecular weight is 491 g/mol. The molecule has 33 heavy (non-hydrogen) atoms. The summed E-state index contributed by atoms with van der Waals surface area (Å²) in [7, 11) is -3.59. The van der Waals surface area contributed by atoms with E-state index in [9.17, 15) is 17.6 Å². The molecule has 174 valence electrons. The van der Waals surface area contributed by atoms with Crippen molar-refractivity contribution >= 4 is 42.6 Å². The predicted octanol–water partition coefficient (Wildman–Crippen LogP) is 2.42. The molecular weight excluding hydrogens is 467 g/mol. The number of anilines is 1. The number of hydrogen-bond donors (Lipinski definition) is 0. The number of aromatic nitrogens is 1. The molecule has 0 unspecified atom stereocenters. The first kappa shape index (κ1) is 22.2. The maximum Gasteiger partial charge on any atom is 0.253 e. The molecule has 3 heterocycles. The van der Waals surface area contributed by atoms with Gasteiger partial charge < -0.3 is 14.5 Å². The number of carbonyl (C=O) groups is 1. The number of para-hydroxylation sites is 1. The number of rotatable bonds is 4. The molecule has 1 aromatic heterocycles. The van der Waals surface area contributed by atoms with Crippen LogP contribution >= 0.6 is 11.3 Å². The van der Waals surface area contributed by atoms with Gasteiger partial charge in [0.1, 0.15) is 11.3 Å². The average Bonchev–Trinajstić information content (AvgIpc) is 3.30. The number of carbonyl (C=O) groups excluding carboxylic acids is 1. The Morgan fingerprint density at radius 3 is 2.33 bits per heavy atom. The minimum Gasteiger partial charge on any atom is -0.379 e. The van der Waals surface area contributed by atoms with Gasteiger partial charge in [0.25, 0.3) is 5.91 Å². The van der Waals surface area contributed by atoms with Gasteiger partial charge in [-0.1, -0.05) is 17.4 Å². The highest BCUT2D eigenvalue weighted by Gasteiger charge is 2.28. The molecule has 11 heteroatoms. The molecule has 0 atom stereocenters. The highest BCUT2D eigenvalue weighted by molar-refractivity contribution is 7.89. The van der Waals surface area contributed by atoms with Crippen molar-refractivity contribution in [3.8, 4) is 0 Å². The monoisotopic (exact) mass is 490 g/mol. The van der Waals surface area contributed by atoms with Crippen LogP contribution in [0.5, 0.6) is 0 Å². The van der Waals surface area contributed by atoms with Gasteiger partial charge >= 0.3 is 0 Å². The maximum absolute atomic E-state index is 14.0. The lowest BCUT2D eigenvalue weighted by molar-refractivity contribution is 0.0730. The number of amides is 1. The molecular formula is C22H23FN4O4S2. The van der Waals surface area contributed by atoms with E-state index in [-0.39, 0.29) is 16.6 Å². The Bertz CT molecular complexity index is 1270. The van der Waals surface area contributed by atoms with Gasteiger partial charge in [0.15, 0.2) is 5.13 Å². The van der Waals surface area contributed by atoms with Crippen LogP contribution in [0.15, 0.2) is 47.4 Å². The minimum atomic E-state index is -3.59. The van der Waals surface area contributed by atoms with E-state index in [1.165, 1.54) is 33.8 Å². The highest BCUT2D eigenvalue weighted by atomic mass is 32.2. The molecule has 1 amide bonds. The normalized spacial score (nSPS) is 18.1. The number of benzene rings is 2. The summed E-state index contributed by atoms with van der Waals surface area (Å²) in [4.78, 5) is 21.4. The molecule has 0 aliphatic carbocycles. The van der Waals surface area contributed by atoms with Gasteiger partial charge in [0, 0.05) is 44.8 Å². The second-order valence-corrected chi connectivity index (χ2v) is 10.9. The van der Waals surface area contributed by atoms with Crippen molar-refractivity contribution in [1.82, 2.24) is 14.2 Å². The van der Waals surface area contributed by atoms with Gasteiger partial charge in [-0.2, -0.15) is 4.31 Å². The molecule has 2 aliphatic rings. The first-order valence-electron chi connectivity index (χ1n) is 10.7. The maximum atomic E-state index is 14.0. The van der Waals surface area contributed by atoms with Crippen molar-refractivity contribution < 1.29 is 22.3 Å². The van der Waals surface area contributed by atoms with Crippen LogP contribution in [-0.2, 0) is 14.8 Å². The van der Waals surface area contributed by atoms with Crippen LogP contribution < -0.4 is 4.90 Å². The number of fused-ring (bicyclic) bond motifs is 1. The number of sulfonamides is 1. The Kier molecular flexibility index (Phi) is 6.04. The first-order valence-corrected chi connectivity index (χ1v) is 13.0. The molecule has 2 fully saturated rings. The predicted molar refractivity (Wildman–Crippen MR) is 124 cm³/mol. The minimum absolute atomic E-state index is 0.139. The van der Waals surface area contributed by atoms with Gasteiger partial charge in [0.05, 0.1) is 22.8 Å². The summed E-state index contributed by atoms with van der Waals surface area (Å²) in [5.74, 6) is -0.469. The second-order valence-electron chi connectivity index (χ2n) is 7.90. The SMILES string of the molecule is O=C(c1ccc(S(=O)(=O)N2CCOCC2)cc1)N1CCN(c2nc3c(F)cccc3s2)CC1. The van der Waals surface area contributed by atoms with Crippen molar-refractivity contribution in [2.24, 2.45) is 0 Å². The van der Waals surface area contributed by atoms with Crippen molar-refractivity contribution in [3.63, 3.8) is 0 Å². The van der Waals surface area contributed by atoms with Gasteiger partial charge in [-0.3, -0.25) is 4.79 Å². The fourth-order valence-electron chi connectivity index (χ4n) is 4.03. The van der Waals surface area contributed by atoms with Crippen molar-refractivity contribution in [3.05, 3.63) is 53.8 Å². The summed E-state index contributed by atoms with van der Waals surface area (Å²) in [6.45, 7) is 3.62. The van der Waals surface area contributed by atoms with E-state index in [1.54, 1.807) is 23.1 Å². The number of hydrogen-bond acceptors (Lipinski definition) is 7. The summed E-state index contributed by atoms with van der Waals surface area (Å²) >= 11 is 1.44. The number of ether oxygens (including phenoxy) is 1. The van der Waals surface area contributed by atoms with E-state index in [1.807, 2.05) is 6.07 Å². The zero-order chi connectivity index (χ0) is 23.0. The molecule has 0 saturated carbocycles. The van der Waals surface area contributed by atoms with Crippen LogP contribution in [0.3, 0.4) is 0 Å². The summed E-state index contributed by atoms with van der Waals surface area (Å²) in [5.41, 5.74) is 0.828. The molecule has 8 nitrogen and oxygen atoms in total. The van der Waals surface area contributed by atoms with E-state index >= 15 is 0 Å². The molecule has 2 saturated heterocycles. The quantitative estimate of drug-likeness (QED) is 0.559. The van der Waals surface area contributed by atoms with E-state index in [4.69, 9.17) is 4.74 Å². The number of thiazole rings is 1. The Morgan fingerprint density at radius 1 is 0.970 bits per heavy atom. The smallest absolute Gasteiger partial charge is 0.253 e. The molecule has 2 aliphatic heterocycles. The van der Waals surface area contributed by atoms with Crippen molar-refractivity contribution in [1.29, 1.82) is 0 Å². The summed E-state index contributed by atoms with van der Waals surface area (Å²) in [6.07, 6.45) is 0. The van der Waals surface area contributed by atoms with Gasteiger partial charge in [-0.15, -0.1) is 0 Å². The lowest BCUT2D eigenvalue weighted by atomic mass is 10.2. The van der Waals surface area contributed by atoms with Gasteiger partial charge in [0.2, 0.25) is 10.0 Å². The highest BCUT2D eigenvalue weighted by Crippen LogP contribution is 2.31. The molecule has 0 radical (unpaired) electrons. The number of halogens is 1. The second kappa shape index (κ2) is 8.98. The molecule has 0 N–H and O–H groups in total. The van der Waals surface area contributed by atoms with E-state index in [0.29, 0.717) is 63.6 Å². The van der Waals surface area contributed by atoms with E-state index < -0.39 is 10.0 Å². The Labute approximate surface area is 195 Å². The summed E-state index contributed by atoms with van der Waals surface area (Å²) in [5, 5.41) is 0.750. The lowest BCUT2D eigenvalue weighted by Gasteiger charge is -2.34. The first-order chi connectivity index (χ1) is 15.9. The van der Waals surface area contributed by atoms with Crippen LogP contribution in [0, 0.1) is 5.82 Å². The van der Waals surface area contributed by atoms with Crippen LogP contribution in [-0.4, -0.2) is 81.0 Å². The molecule has 0 bridgehead atoms. The third-order valence-corrected chi connectivity index (χ3v) is 8.90. The molecule has 3 aromatic rings. The largest absolute Gasteiger partial charge is 0.379 e. The van der Waals surface area contributed by atoms with Crippen molar-refractivity contribution in [2.45, 2.75) is 4.90 Å². The standard InChI is InChI=1S/C22H23FN4O4S2/c23-18-2-1-3-19-20(18)24-22(32-19)26-10-8-25(9-11-26)21(28)16-4-6-17(7-5-16)33(29,30)27-12-14-31-15-13-27/h1-7H,8-15H2. The Balaban J connectivity index is 1.24. The molecule has 5 rings (SSSR count). The van der Waals surface area contributed by atoms with Crippen LogP contribution in [0.1, 0.15) is 10.4 Å². The van der Waals surface area contributed by atoms with Crippen molar-refractivity contribution in [2.75, 3.05) is 57.4 Å². The van der Waals surface area contributed by atoms with E-state index in [0.717, 1.165) is 9.83 Å². The van der Waals surface area contributed by atoms with Crippen LogP contribution in [0.25, 0.3) is 10.2 Å². The fourth-order valence-corrected chi connectivity index (χ4v) is 6.47. The third kappa shape index (κ3) is 4.33. The fraction of sp³-hybridized carbons (Fsp3) is 0.364. The Morgan fingerprint density at radius 2 is 1.67 bits per heavy atom. The molecule has 0 spiro atoms. The lowest BCUT2D eigenvalue weighted by Crippen LogP contribution is -2.48. The summed E-state index contributed by atoms with van der Waals surface area (Å²) in [6, 6.07) is 11.0. The molecule has 2 aromatic carbocycles.